The number of hydrogen-bond acceptors (Lipinski definition) is 2. The van der Waals surface area contributed by atoms with Crippen LogP contribution in [0, 0.1) is 12.3 Å². The first-order chi connectivity index (χ1) is 9.22. The lowest BCUT2D eigenvalue weighted by Gasteiger charge is -2.24. The maximum atomic E-state index is 12.3. The van der Waals surface area contributed by atoms with Crippen molar-refractivity contribution < 1.29 is 9.90 Å². The lowest BCUT2D eigenvalue weighted by molar-refractivity contribution is 0.0681. The molecule has 0 atom stereocenters. The molecule has 0 amide bonds. The number of fused-ring (bicyclic) bond motifs is 1. The fourth-order valence-electron chi connectivity index (χ4n) is 2.45. The van der Waals surface area contributed by atoms with Crippen molar-refractivity contribution in [1.82, 2.24) is 4.57 Å². The van der Waals surface area contributed by atoms with Gasteiger partial charge in [0.2, 0.25) is 0 Å². The van der Waals surface area contributed by atoms with Crippen LogP contribution in [0.25, 0.3) is 10.9 Å². The third-order valence-corrected chi connectivity index (χ3v) is 3.24. The van der Waals surface area contributed by atoms with E-state index in [0.29, 0.717) is 23.0 Å². The Kier molecular flexibility index (Phi) is 3.42. The van der Waals surface area contributed by atoms with Gasteiger partial charge in [-0.1, -0.05) is 32.9 Å². The normalized spacial score (nSPS) is 11.8. The molecule has 1 aromatic heterocycles. The zero-order valence-corrected chi connectivity index (χ0v) is 12.2. The fraction of sp³-hybridized carbons (Fsp3) is 0.375. The van der Waals surface area contributed by atoms with Gasteiger partial charge in [-0.05, 0) is 24.5 Å². The first-order valence-electron chi connectivity index (χ1n) is 6.58. The molecule has 0 aliphatic rings. The molecule has 0 aliphatic heterocycles. The summed E-state index contributed by atoms with van der Waals surface area (Å²) in [5.41, 5.74) is 0.761. The van der Waals surface area contributed by atoms with Gasteiger partial charge in [-0.25, -0.2) is 4.79 Å². The highest BCUT2D eigenvalue weighted by Gasteiger charge is 2.22. The molecule has 1 aromatic carbocycles. The van der Waals surface area contributed by atoms with E-state index in [4.69, 9.17) is 0 Å². The van der Waals surface area contributed by atoms with Gasteiger partial charge in [0.25, 0.3) is 0 Å². The number of pyridine rings is 1. The number of aromatic carboxylic acids is 1. The predicted molar refractivity (Wildman–Crippen MR) is 79.4 cm³/mol. The predicted octanol–water partition coefficient (Wildman–Crippen LogP) is 3.05. The highest BCUT2D eigenvalue weighted by molar-refractivity contribution is 5.92. The largest absolute Gasteiger partial charge is 0.477 e. The molecule has 0 fully saturated rings. The van der Waals surface area contributed by atoms with Gasteiger partial charge in [0.1, 0.15) is 5.69 Å². The van der Waals surface area contributed by atoms with Crippen molar-refractivity contribution >= 4 is 16.9 Å². The average molecular weight is 273 g/mol. The van der Waals surface area contributed by atoms with Gasteiger partial charge in [0.15, 0.2) is 5.43 Å². The molecule has 2 aromatic rings. The quantitative estimate of drug-likeness (QED) is 0.914. The van der Waals surface area contributed by atoms with Crippen LogP contribution in [0.15, 0.2) is 29.1 Å². The monoisotopic (exact) mass is 273 g/mol. The van der Waals surface area contributed by atoms with Gasteiger partial charge < -0.3 is 9.67 Å². The molecular formula is C16H19NO3. The van der Waals surface area contributed by atoms with E-state index in [0.717, 1.165) is 0 Å². The SMILES string of the molecule is Cc1c(C(=O)O)n(CC(C)(C)C)c2ccccc2c1=O. The average Bonchev–Trinajstić information content (AvgIpc) is 2.34. The molecule has 1 heterocycles. The van der Waals surface area contributed by atoms with E-state index in [9.17, 15) is 14.7 Å². The first-order valence-corrected chi connectivity index (χ1v) is 6.58. The van der Waals surface area contributed by atoms with Gasteiger partial charge in [-0.15, -0.1) is 0 Å². The molecule has 0 radical (unpaired) electrons. The number of carbonyl (C=O) groups is 1. The van der Waals surface area contributed by atoms with Crippen molar-refractivity contribution in [2.45, 2.75) is 34.2 Å². The number of nitrogens with zero attached hydrogens (tertiary/aromatic N) is 1. The summed E-state index contributed by atoms with van der Waals surface area (Å²) in [6, 6.07) is 7.16. The van der Waals surface area contributed by atoms with Gasteiger partial charge in [-0.2, -0.15) is 0 Å². The Morgan fingerprint density at radius 2 is 1.85 bits per heavy atom. The summed E-state index contributed by atoms with van der Waals surface area (Å²) in [5.74, 6) is -1.06. The van der Waals surface area contributed by atoms with E-state index in [1.165, 1.54) is 0 Å². The molecule has 0 spiro atoms. The van der Waals surface area contributed by atoms with Crippen LogP contribution in [0.4, 0.5) is 0 Å². The van der Waals surface area contributed by atoms with E-state index in [1.807, 2.05) is 26.8 Å². The smallest absolute Gasteiger partial charge is 0.352 e. The van der Waals surface area contributed by atoms with Crippen LogP contribution in [-0.2, 0) is 6.54 Å². The Hall–Kier alpha value is -2.10. The Morgan fingerprint density at radius 3 is 2.40 bits per heavy atom. The van der Waals surface area contributed by atoms with Crippen LogP contribution in [0.2, 0.25) is 0 Å². The standard InChI is InChI=1S/C16H19NO3/c1-10-13(15(19)20)17(9-16(2,3)4)12-8-6-5-7-11(12)14(10)18/h5-8H,9H2,1-4H3,(H,19,20). The second-order valence-corrected chi connectivity index (χ2v) is 6.27. The summed E-state index contributed by atoms with van der Waals surface area (Å²) in [7, 11) is 0. The Morgan fingerprint density at radius 1 is 1.25 bits per heavy atom. The lowest BCUT2D eigenvalue weighted by atomic mass is 9.95. The molecule has 4 heteroatoms. The summed E-state index contributed by atoms with van der Waals surface area (Å²) in [4.78, 5) is 23.9. The zero-order valence-electron chi connectivity index (χ0n) is 12.2. The minimum atomic E-state index is -1.06. The fourth-order valence-corrected chi connectivity index (χ4v) is 2.45. The maximum Gasteiger partial charge on any atom is 0.352 e. The van der Waals surface area contributed by atoms with E-state index >= 15 is 0 Å². The van der Waals surface area contributed by atoms with Crippen LogP contribution in [0.3, 0.4) is 0 Å². The number of rotatable bonds is 2. The van der Waals surface area contributed by atoms with Crippen LogP contribution < -0.4 is 5.43 Å². The number of para-hydroxylation sites is 1. The third kappa shape index (κ3) is 2.46. The highest BCUT2D eigenvalue weighted by Crippen LogP contribution is 2.23. The molecule has 106 valence electrons. The summed E-state index contributed by atoms with van der Waals surface area (Å²) in [6.07, 6.45) is 0. The summed E-state index contributed by atoms with van der Waals surface area (Å²) in [5, 5.41) is 10.0. The van der Waals surface area contributed by atoms with Crippen LogP contribution in [0.5, 0.6) is 0 Å². The van der Waals surface area contributed by atoms with Crippen molar-refractivity contribution in [1.29, 1.82) is 0 Å². The molecule has 1 N–H and O–H groups in total. The third-order valence-electron chi connectivity index (χ3n) is 3.24. The molecule has 2 rings (SSSR count). The van der Waals surface area contributed by atoms with E-state index in [-0.39, 0.29) is 16.5 Å². The van der Waals surface area contributed by atoms with Crippen molar-refractivity contribution in [3.63, 3.8) is 0 Å². The Labute approximate surface area is 117 Å². The highest BCUT2D eigenvalue weighted by atomic mass is 16.4. The van der Waals surface area contributed by atoms with Gasteiger partial charge in [-0.3, -0.25) is 4.79 Å². The number of hydrogen-bond donors (Lipinski definition) is 1. The first kappa shape index (κ1) is 14.3. The minimum absolute atomic E-state index is 0.0867. The second-order valence-electron chi connectivity index (χ2n) is 6.27. The molecular weight excluding hydrogens is 254 g/mol. The van der Waals surface area contributed by atoms with Crippen molar-refractivity contribution in [2.24, 2.45) is 5.41 Å². The molecule has 0 bridgehead atoms. The molecule has 0 unspecified atom stereocenters. The summed E-state index contributed by atoms with van der Waals surface area (Å²) >= 11 is 0. The second kappa shape index (κ2) is 4.78. The number of carboxylic acid groups (broad SMARTS) is 1. The van der Waals surface area contributed by atoms with Crippen molar-refractivity contribution in [2.75, 3.05) is 0 Å². The Bertz CT molecular complexity index is 736. The lowest BCUT2D eigenvalue weighted by Crippen LogP contribution is -2.26. The summed E-state index contributed by atoms with van der Waals surface area (Å²) in [6.45, 7) is 8.25. The van der Waals surface area contributed by atoms with Gasteiger partial charge in [0.05, 0.1) is 5.52 Å². The van der Waals surface area contributed by atoms with Crippen molar-refractivity contribution in [3.8, 4) is 0 Å². The molecule has 20 heavy (non-hydrogen) atoms. The Balaban J connectivity index is 2.94. The number of benzene rings is 1. The van der Waals surface area contributed by atoms with Crippen molar-refractivity contribution in [3.05, 3.63) is 45.7 Å². The van der Waals surface area contributed by atoms with Crippen LogP contribution in [-0.4, -0.2) is 15.6 Å². The molecule has 4 nitrogen and oxygen atoms in total. The zero-order chi connectivity index (χ0) is 15.1. The minimum Gasteiger partial charge on any atom is -0.477 e. The maximum absolute atomic E-state index is 12.3. The van der Waals surface area contributed by atoms with Gasteiger partial charge in [0, 0.05) is 17.5 Å². The van der Waals surface area contributed by atoms with E-state index in [2.05, 4.69) is 0 Å². The molecule has 0 aliphatic carbocycles. The topological polar surface area (TPSA) is 59.3 Å². The number of aromatic nitrogens is 1. The molecule has 0 saturated carbocycles. The van der Waals surface area contributed by atoms with Gasteiger partial charge >= 0.3 is 5.97 Å². The van der Waals surface area contributed by atoms with E-state index in [1.54, 1.807) is 29.7 Å². The number of carboxylic acids is 1. The van der Waals surface area contributed by atoms with E-state index < -0.39 is 5.97 Å². The molecule has 0 saturated heterocycles. The van der Waals surface area contributed by atoms with Crippen LogP contribution in [0.1, 0.15) is 36.8 Å². The summed E-state index contributed by atoms with van der Waals surface area (Å²) < 4.78 is 1.74. The van der Waals surface area contributed by atoms with Crippen LogP contribution >= 0.6 is 0 Å².